The summed E-state index contributed by atoms with van der Waals surface area (Å²) >= 11 is 5.78. The van der Waals surface area contributed by atoms with E-state index in [9.17, 15) is 4.39 Å². The molecule has 1 aromatic heterocycles. The van der Waals surface area contributed by atoms with Crippen LogP contribution in [-0.4, -0.2) is 9.97 Å². The molecule has 0 unspecified atom stereocenters. The lowest BCUT2D eigenvalue weighted by molar-refractivity contribution is 0.546. The van der Waals surface area contributed by atoms with Crippen molar-refractivity contribution in [1.29, 1.82) is 0 Å². The third kappa shape index (κ3) is 2.75. The van der Waals surface area contributed by atoms with Gasteiger partial charge in [-0.1, -0.05) is 32.4 Å². The van der Waals surface area contributed by atoms with Gasteiger partial charge in [-0.05, 0) is 25.1 Å². The number of aromatic nitrogens is 2. The van der Waals surface area contributed by atoms with Gasteiger partial charge in [0.25, 0.3) is 0 Å². The summed E-state index contributed by atoms with van der Waals surface area (Å²) in [5.74, 6) is 0.540. The Labute approximate surface area is 123 Å². The van der Waals surface area contributed by atoms with Crippen LogP contribution in [0.25, 0.3) is 11.3 Å². The van der Waals surface area contributed by atoms with Crippen LogP contribution < -0.4 is 5.73 Å². The second-order valence-electron chi connectivity index (χ2n) is 5.78. The first-order chi connectivity index (χ1) is 9.20. The van der Waals surface area contributed by atoms with Crippen LogP contribution in [0.1, 0.15) is 32.2 Å². The van der Waals surface area contributed by atoms with Gasteiger partial charge in [-0.25, -0.2) is 14.4 Å². The topological polar surface area (TPSA) is 51.8 Å². The van der Waals surface area contributed by atoms with Crippen LogP contribution in [0.3, 0.4) is 0 Å². The molecule has 0 aliphatic rings. The van der Waals surface area contributed by atoms with Gasteiger partial charge in [-0.3, -0.25) is 0 Å². The molecule has 2 aromatic rings. The molecule has 2 N–H and O–H groups in total. The zero-order chi connectivity index (χ0) is 15.1. The molecule has 3 nitrogen and oxygen atoms in total. The fourth-order valence-electron chi connectivity index (χ4n) is 1.81. The summed E-state index contributed by atoms with van der Waals surface area (Å²) in [6.07, 6.45) is 0. The van der Waals surface area contributed by atoms with Crippen molar-refractivity contribution in [2.45, 2.75) is 33.1 Å². The maximum Gasteiger partial charge on any atom is 0.136 e. The summed E-state index contributed by atoms with van der Waals surface area (Å²) in [6, 6.07) is 4.51. The lowest BCUT2D eigenvalue weighted by atomic mass is 9.95. The van der Waals surface area contributed by atoms with E-state index in [0.29, 0.717) is 33.5 Å². The highest BCUT2D eigenvalue weighted by Gasteiger charge is 2.22. The van der Waals surface area contributed by atoms with Crippen molar-refractivity contribution in [2.24, 2.45) is 0 Å². The molecule has 0 saturated carbocycles. The number of nitrogen functional groups attached to an aromatic ring is 1. The van der Waals surface area contributed by atoms with Gasteiger partial charge in [0.15, 0.2) is 0 Å². The van der Waals surface area contributed by atoms with Gasteiger partial charge in [0.05, 0.1) is 5.69 Å². The third-order valence-electron chi connectivity index (χ3n) is 3.04. The molecule has 0 aliphatic carbocycles. The van der Waals surface area contributed by atoms with Crippen LogP contribution in [0.2, 0.25) is 5.02 Å². The van der Waals surface area contributed by atoms with Gasteiger partial charge in [0.2, 0.25) is 0 Å². The molecule has 0 radical (unpaired) electrons. The minimum Gasteiger partial charge on any atom is -0.383 e. The van der Waals surface area contributed by atoms with Gasteiger partial charge in [-0.15, -0.1) is 0 Å². The maximum atomic E-state index is 14.1. The SMILES string of the molecule is Cc1c(N)nc(C(C)(C)C)nc1-c1ccc(Cl)cc1F. The summed E-state index contributed by atoms with van der Waals surface area (Å²) in [7, 11) is 0. The zero-order valence-electron chi connectivity index (χ0n) is 12.0. The molecule has 1 heterocycles. The summed E-state index contributed by atoms with van der Waals surface area (Å²) in [5.41, 5.74) is 7.23. The second kappa shape index (κ2) is 5.02. The van der Waals surface area contributed by atoms with E-state index >= 15 is 0 Å². The summed E-state index contributed by atoms with van der Waals surface area (Å²) < 4.78 is 14.1. The van der Waals surface area contributed by atoms with Crippen LogP contribution in [0.4, 0.5) is 10.2 Å². The first kappa shape index (κ1) is 14.7. The van der Waals surface area contributed by atoms with E-state index in [0.717, 1.165) is 0 Å². The number of rotatable bonds is 1. The molecule has 1 aromatic carbocycles. The summed E-state index contributed by atoms with van der Waals surface area (Å²) in [6.45, 7) is 7.74. The molecule has 0 fully saturated rings. The molecule has 106 valence electrons. The lowest BCUT2D eigenvalue weighted by Crippen LogP contribution is -2.18. The molecule has 0 atom stereocenters. The molecule has 2 rings (SSSR count). The van der Waals surface area contributed by atoms with Gasteiger partial charge in [-0.2, -0.15) is 0 Å². The zero-order valence-corrected chi connectivity index (χ0v) is 12.7. The van der Waals surface area contributed by atoms with Crippen molar-refractivity contribution < 1.29 is 4.39 Å². The second-order valence-corrected chi connectivity index (χ2v) is 6.22. The molecular weight excluding hydrogens is 277 g/mol. The maximum absolute atomic E-state index is 14.1. The van der Waals surface area contributed by atoms with Crippen LogP contribution in [-0.2, 0) is 5.41 Å². The summed E-state index contributed by atoms with van der Waals surface area (Å²) in [4.78, 5) is 8.79. The van der Waals surface area contributed by atoms with Crippen molar-refractivity contribution in [1.82, 2.24) is 9.97 Å². The highest BCUT2D eigenvalue weighted by atomic mass is 35.5. The van der Waals surface area contributed by atoms with Crippen LogP contribution in [0.15, 0.2) is 18.2 Å². The van der Waals surface area contributed by atoms with Crippen molar-refractivity contribution in [3.05, 3.63) is 40.4 Å². The molecule has 20 heavy (non-hydrogen) atoms. The average Bonchev–Trinajstić information content (AvgIpc) is 2.32. The molecule has 5 heteroatoms. The van der Waals surface area contributed by atoms with Gasteiger partial charge >= 0.3 is 0 Å². The smallest absolute Gasteiger partial charge is 0.136 e. The number of hydrogen-bond acceptors (Lipinski definition) is 3. The molecule has 0 bridgehead atoms. The van der Waals surface area contributed by atoms with Crippen LogP contribution in [0, 0.1) is 12.7 Å². The van der Waals surface area contributed by atoms with Crippen molar-refractivity contribution in [3.63, 3.8) is 0 Å². The largest absolute Gasteiger partial charge is 0.383 e. The quantitative estimate of drug-likeness (QED) is 0.860. The van der Waals surface area contributed by atoms with Crippen LogP contribution >= 0.6 is 11.6 Å². The van der Waals surface area contributed by atoms with Crippen molar-refractivity contribution in [2.75, 3.05) is 5.73 Å². The van der Waals surface area contributed by atoms with E-state index in [4.69, 9.17) is 17.3 Å². The highest BCUT2D eigenvalue weighted by molar-refractivity contribution is 6.30. The van der Waals surface area contributed by atoms with E-state index < -0.39 is 5.82 Å². The molecule has 0 saturated heterocycles. The Hall–Kier alpha value is -1.68. The monoisotopic (exact) mass is 293 g/mol. The highest BCUT2D eigenvalue weighted by Crippen LogP contribution is 2.30. The number of anilines is 1. The van der Waals surface area contributed by atoms with E-state index in [1.54, 1.807) is 19.1 Å². The number of halogens is 2. The Kier molecular flexibility index (Phi) is 3.69. The fraction of sp³-hybridized carbons (Fsp3) is 0.333. The Bertz CT molecular complexity index is 663. The molecule has 0 spiro atoms. The Morgan fingerprint density at radius 2 is 1.85 bits per heavy atom. The molecule has 0 aliphatic heterocycles. The number of benzene rings is 1. The summed E-state index contributed by atoms with van der Waals surface area (Å²) in [5, 5.41) is 0.349. The van der Waals surface area contributed by atoms with E-state index in [1.807, 2.05) is 20.8 Å². The number of hydrogen-bond donors (Lipinski definition) is 1. The standard InChI is InChI=1S/C15H17ClFN3/c1-8-12(10-6-5-9(16)7-11(10)17)19-14(15(2,3)4)20-13(8)18/h5-7H,1-4H3,(H2,18,19,20). The average molecular weight is 294 g/mol. The minimum atomic E-state index is -0.418. The van der Waals surface area contributed by atoms with Gasteiger partial charge in [0.1, 0.15) is 17.5 Å². The molecular formula is C15H17ClFN3. The Morgan fingerprint density at radius 1 is 1.20 bits per heavy atom. The van der Waals surface area contributed by atoms with Crippen molar-refractivity contribution >= 4 is 17.4 Å². The Balaban J connectivity index is 2.70. The van der Waals surface area contributed by atoms with E-state index in [1.165, 1.54) is 6.07 Å². The third-order valence-corrected chi connectivity index (χ3v) is 3.28. The molecule has 0 amide bonds. The minimum absolute atomic E-state index is 0.264. The van der Waals surface area contributed by atoms with Gasteiger partial charge in [0, 0.05) is 21.6 Å². The first-order valence-corrected chi connectivity index (χ1v) is 6.68. The predicted octanol–water partition coefficient (Wildman–Crippen LogP) is 4.12. The van der Waals surface area contributed by atoms with Gasteiger partial charge < -0.3 is 5.73 Å². The normalized spacial score (nSPS) is 11.7. The first-order valence-electron chi connectivity index (χ1n) is 6.30. The Morgan fingerprint density at radius 3 is 2.40 bits per heavy atom. The fourth-order valence-corrected chi connectivity index (χ4v) is 1.97. The van der Waals surface area contributed by atoms with Crippen LogP contribution in [0.5, 0.6) is 0 Å². The van der Waals surface area contributed by atoms with E-state index in [-0.39, 0.29) is 5.41 Å². The lowest BCUT2D eigenvalue weighted by Gasteiger charge is -2.19. The predicted molar refractivity (Wildman–Crippen MR) is 80.3 cm³/mol. The number of nitrogens with two attached hydrogens (primary N) is 1. The van der Waals surface area contributed by atoms with Crippen molar-refractivity contribution in [3.8, 4) is 11.3 Å². The number of nitrogens with zero attached hydrogens (tertiary/aromatic N) is 2. The van der Waals surface area contributed by atoms with E-state index in [2.05, 4.69) is 9.97 Å².